The zero-order chi connectivity index (χ0) is 19.3. The van der Waals surface area contributed by atoms with Crippen LogP contribution in [-0.2, 0) is 16.1 Å². The maximum Gasteiger partial charge on any atom is 0.240 e. The second kappa shape index (κ2) is 8.80. The molecule has 6 heteroatoms. The van der Waals surface area contributed by atoms with Gasteiger partial charge in [0.25, 0.3) is 0 Å². The molecule has 2 aliphatic rings. The monoisotopic (exact) mass is 395 g/mol. The van der Waals surface area contributed by atoms with Crippen LogP contribution in [0.1, 0.15) is 18.4 Å². The summed E-state index contributed by atoms with van der Waals surface area (Å²) in [7, 11) is 0. The van der Waals surface area contributed by atoms with E-state index in [1.54, 1.807) is 4.90 Å². The fourth-order valence-electron chi connectivity index (χ4n) is 3.82. The Labute approximate surface area is 170 Å². The van der Waals surface area contributed by atoms with E-state index in [2.05, 4.69) is 34.5 Å². The van der Waals surface area contributed by atoms with Crippen LogP contribution in [0.3, 0.4) is 0 Å². The number of hydrogen-bond acceptors (Lipinski definition) is 4. The van der Waals surface area contributed by atoms with E-state index in [-0.39, 0.29) is 24.4 Å². The number of rotatable bonds is 5. The highest BCUT2D eigenvalue weighted by molar-refractivity contribution is 8.00. The third-order valence-corrected chi connectivity index (χ3v) is 6.36. The van der Waals surface area contributed by atoms with Crippen molar-refractivity contribution in [1.29, 1.82) is 0 Å². The van der Waals surface area contributed by atoms with Gasteiger partial charge in [-0.25, -0.2) is 0 Å². The molecule has 0 atom stereocenters. The number of nitrogens with zero attached hydrogens (tertiary/aromatic N) is 2. The van der Waals surface area contributed by atoms with E-state index in [9.17, 15) is 9.59 Å². The average Bonchev–Trinajstić information content (AvgIpc) is 2.72. The molecule has 0 spiro atoms. The number of anilines is 1. The molecule has 0 unspecified atom stereocenters. The topological polar surface area (TPSA) is 52.7 Å². The van der Waals surface area contributed by atoms with Crippen molar-refractivity contribution in [2.75, 3.05) is 30.3 Å². The molecule has 2 aromatic rings. The number of likely N-dealkylation sites (tertiary alicyclic amines) is 1. The van der Waals surface area contributed by atoms with Crippen molar-refractivity contribution in [2.24, 2.45) is 0 Å². The minimum Gasteiger partial charge on any atom is -0.352 e. The molecule has 1 fully saturated rings. The van der Waals surface area contributed by atoms with Crippen molar-refractivity contribution in [1.82, 2.24) is 10.2 Å². The van der Waals surface area contributed by atoms with Gasteiger partial charge in [0.2, 0.25) is 11.8 Å². The summed E-state index contributed by atoms with van der Waals surface area (Å²) in [5.74, 6) is 0.315. The Morgan fingerprint density at radius 1 is 1.04 bits per heavy atom. The molecule has 0 aromatic heterocycles. The standard InChI is InChI=1S/C22H25N3O2S/c26-21(15-25-19-8-4-5-9-20(19)28-16-22(25)27)23-18-10-12-24(13-11-18)14-17-6-2-1-3-7-17/h1-9,18H,10-16H2,(H,23,26). The molecule has 0 saturated carbocycles. The highest BCUT2D eigenvalue weighted by Gasteiger charge is 2.27. The van der Waals surface area contributed by atoms with Gasteiger partial charge >= 0.3 is 0 Å². The maximum absolute atomic E-state index is 12.6. The fraction of sp³-hybridized carbons (Fsp3) is 0.364. The number of para-hydroxylation sites is 1. The smallest absolute Gasteiger partial charge is 0.240 e. The van der Waals surface area contributed by atoms with Gasteiger partial charge in [-0.3, -0.25) is 14.5 Å². The molecule has 1 N–H and O–H groups in total. The predicted octanol–water partition coefficient (Wildman–Crippen LogP) is 2.91. The molecule has 2 heterocycles. The maximum atomic E-state index is 12.6. The number of carbonyl (C=O) groups excluding carboxylic acids is 2. The van der Waals surface area contributed by atoms with Gasteiger partial charge in [-0.15, -0.1) is 11.8 Å². The molecule has 146 valence electrons. The Bertz CT molecular complexity index is 835. The van der Waals surface area contributed by atoms with Crippen LogP contribution in [0.25, 0.3) is 0 Å². The van der Waals surface area contributed by atoms with E-state index in [1.165, 1.54) is 17.3 Å². The van der Waals surface area contributed by atoms with E-state index >= 15 is 0 Å². The van der Waals surface area contributed by atoms with Crippen molar-refractivity contribution in [3.63, 3.8) is 0 Å². The zero-order valence-corrected chi connectivity index (χ0v) is 16.7. The predicted molar refractivity (Wildman–Crippen MR) is 112 cm³/mol. The van der Waals surface area contributed by atoms with E-state index < -0.39 is 0 Å². The molecule has 5 nitrogen and oxygen atoms in total. The van der Waals surface area contributed by atoms with E-state index in [0.29, 0.717) is 5.75 Å². The van der Waals surface area contributed by atoms with Crippen LogP contribution in [0, 0.1) is 0 Å². The number of hydrogen-bond donors (Lipinski definition) is 1. The van der Waals surface area contributed by atoms with Gasteiger partial charge in [-0.2, -0.15) is 0 Å². The quantitative estimate of drug-likeness (QED) is 0.846. The summed E-state index contributed by atoms with van der Waals surface area (Å²) in [4.78, 5) is 30.0. The summed E-state index contributed by atoms with van der Waals surface area (Å²) in [6.07, 6.45) is 1.89. The van der Waals surface area contributed by atoms with Crippen molar-refractivity contribution in [3.8, 4) is 0 Å². The highest BCUT2D eigenvalue weighted by Crippen LogP contribution is 2.34. The molecule has 2 aliphatic heterocycles. The third-order valence-electron chi connectivity index (χ3n) is 5.31. The van der Waals surface area contributed by atoms with Gasteiger partial charge in [0.15, 0.2) is 0 Å². The Morgan fingerprint density at radius 2 is 1.75 bits per heavy atom. The lowest BCUT2D eigenvalue weighted by atomic mass is 10.0. The van der Waals surface area contributed by atoms with E-state index in [0.717, 1.165) is 43.1 Å². The molecule has 28 heavy (non-hydrogen) atoms. The molecule has 2 amide bonds. The van der Waals surface area contributed by atoms with E-state index in [4.69, 9.17) is 0 Å². The average molecular weight is 396 g/mol. The molecular formula is C22H25N3O2S. The van der Waals surface area contributed by atoms with Gasteiger partial charge in [0.1, 0.15) is 6.54 Å². The first-order valence-electron chi connectivity index (χ1n) is 9.77. The second-order valence-corrected chi connectivity index (χ2v) is 8.36. The summed E-state index contributed by atoms with van der Waals surface area (Å²) in [5, 5.41) is 3.14. The van der Waals surface area contributed by atoms with Crippen LogP contribution < -0.4 is 10.2 Å². The van der Waals surface area contributed by atoms with Gasteiger partial charge in [0, 0.05) is 30.6 Å². The minimum absolute atomic E-state index is 0.00321. The van der Waals surface area contributed by atoms with Gasteiger partial charge in [-0.1, -0.05) is 42.5 Å². The first-order chi connectivity index (χ1) is 13.7. The third kappa shape index (κ3) is 4.56. The summed E-state index contributed by atoms with van der Waals surface area (Å²) in [6, 6.07) is 18.4. The summed E-state index contributed by atoms with van der Waals surface area (Å²) in [5.41, 5.74) is 2.17. The van der Waals surface area contributed by atoms with Crippen LogP contribution in [0.2, 0.25) is 0 Å². The molecule has 0 aliphatic carbocycles. The number of nitrogens with one attached hydrogen (secondary N) is 1. The second-order valence-electron chi connectivity index (χ2n) is 7.34. The number of thioether (sulfide) groups is 1. The van der Waals surface area contributed by atoms with E-state index in [1.807, 2.05) is 30.3 Å². The zero-order valence-electron chi connectivity index (χ0n) is 15.8. The molecule has 0 bridgehead atoms. The Hall–Kier alpha value is -2.31. The van der Waals surface area contributed by atoms with Gasteiger partial charge < -0.3 is 10.2 Å². The van der Waals surface area contributed by atoms with Crippen molar-refractivity contribution < 1.29 is 9.59 Å². The molecule has 4 rings (SSSR count). The molecule has 1 saturated heterocycles. The summed E-state index contributed by atoms with van der Waals surface area (Å²) >= 11 is 1.54. The lowest BCUT2D eigenvalue weighted by molar-refractivity contribution is -0.123. The first kappa shape index (κ1) is 19.0. The van der Waals surface area contributed by atoms with Crippen molar-refractivity contribution in [2.45, 2.75) is 30.3 Å². The van der Waals surface area contributed by atoms with Crippen LogP contribution in [0.5, 0.6) is 0 Å². The molecule has 2 aromatic carbocycles. The number of amides is 2. The highest BCUT2D eigenvalue weighted by atomic mass is 32.2. The molecular weight excluding hydrogens is 370 g/mol. The summed E-state index contributed by atoms with van der Waals surface area (Å²) < 4.78 is 0. The van der Waals surface area contributed by atoms with Crippen LogP contribution in [0.4, 0.5) is 5.69 Å². The van der Waals surface area contributed by atoms with Gasteiger partial charge in [-0.05, 0) is 30.5 Å². The minimum atomic E-state index is -0.0726. The number of carbonyl (C=O) groups is 2. The number of piperidine rings is 1. The Balaban J connectivity index is 1.28. The SMILES string of the molecule is O=C(CN1C(=O)CSc2ccccc21)NC1CCN(Cc2ccccc2)CC1. The number of benzene rings is 2. The lowest BCUT2D eigenvalue weighted by Crippen LogP contribution is -2.49. The van der Waals surface area contributed by atoms with Crippen molar-refractivity contribution >= 4 is 29.3 Å². The van der Waals surface area contributed by atoms with Crippen molar-refractivity contribution in [3.05, 3.63) is 60.2 Å². The van der Waals surface area contributed by atoms with Gasteiger partial charge in [0.05, 0.1) is 11.4 Å². The van der Waals surface area contributed by atoms with Crippen LogP contribution >= 0.6 is 11.8 Å². The number of fused-ring (bicyclic) bond motifs is 1. The molecule has 0 radical (unpaired) electrons. The van der Waals surface area contributed by atoms with Crippen LogP contribution in [0.15, 0.2) is 59.5 Å². The normalized spacial score (nSPS) is 18.0. The largest absolute Gasteiger partial charge is 0.352 e. The lowest BCUT2D eigenvalue weighted by Gasteiger charge is -2.33. The fourth-order valence-corrected chi connectivity index (χ4v) is 4.76. The Kier molecular flexibility index (Phi) is 5.98. The first-order valence-corrected chi connectivity index (χ1v) is 10.8. The summed E-state index contributed by atoms with van der Waals surface area (Å²) in [6.45, 7) is 3.00. The van der Waals surface area contributed by atoms with Crippen LogP contribution in [-0.4, -0.2) is 48.1 Å². The Morgan fingerprint density at radius 3 is 2.54 bits per heavy atom.